The lowest BCUT2D eigenvalue weighted by Crippen LogP contribution is -2.40. The summed E-state index contributed by atoms with van der Waals surface area (Å²) in [6.07, 6.45) is 1.76. The number of halogens is 3. The minimum absolute atomic E-state index is 0.145. The third kappa shape index (κ3) is 5.37. The Morgan fingerprint density at radius 3 is 2.56 bits per heavy atom. The van der Waals surface area contributed by atoms with E-state index in [4.69, 9.17) is 14.5 Å². The Kier molecular flexibility index (Phi) is 8.15. The van der Waals surface area contributed by atoms with Gasteiger partial charge in [0, 0.05) is 15.6 Å². The topological polar surface area (TPSA) is 69.9 Å². The van der Waals surface area contributed by atoms with Crippen LogP contribution in [0.25, 0.3) is 11.8 Å². The van der Waals surface area contributed by atoms with Gasteiger partial charge >= 0.3 is 5.97 Å². The van der Waals surface area contributed by atoms with Crippen molar-refractivity contribution in [3.8, 4) is 5.75 Å². The molecule has 0 aliphatic carbocycles. The van der Waals surface area contributed by atoms with E-state index in [9.17, 15) is 14.0 Å². The third-order valence-electron chi connectivity index (χ3n) is 6.09. The largest absolute Gasteiger partial charge is 0.495 e. The molecule has 0 bridgehead atoms. The van der Waals surface area contributed by atoms with Gasteiger partial charge in [0.15, 0.2) is 4.80 Å². The van der Waals surface area contributed by atoms with E-state index in [2.05, 4.69) is 38.5 Å². The van der Waals surface area contributed by atoms with E-state index >= 15 is 0 Å². The Labute approximate surface area is 249 Å². The summed E-state index contributed by atoms with van der Waals surface area (Å²) in [4.78, 5) is 32.7. The average Bonchev–Trinajstić information content (AvgIpc) is 3.23. The van der Waals surface area contributed by atoms with Gasteiger partial charge in [-0.15, -0.1) is 0 Å². The van der Waals surface area contributed by atoms with Crippen molar-refractivity contribution in [1.82, 2.24) is 4.57 Å². The molecular formula is C29H21BrFIN2O4S. The molecule has 1 atom stereocenters. The van der Waals surface area contributed by atoms with Crippen LogP contribution >= 0.6 is 49.9 Å². The van der Waals surface area contributed by atoms with E-state index in [1.165, 1.54) is 28.0 Å². The first kappa shape index (κ1) is 27.5. The quantitative estimate of drug-likeness (QED) is 0.197. The van der Waals surface area contributed by atoms with Crippen LogP contribution in [0.5, 0.6) is 5.75 Å². The van der Waals surface area contributed by atoms with Gasteiger partial charge in [-0.2, -0.15) is 0 Å². The monoisotopic (exact) mass is 718 g/mol. The first-order valence-electron chi connectivity index (χ1n) is 11.9. The van der Waals surface area contributed by atoms with Crippen LogP contribution in [-0.2, 0) is 9.53 Å². The molecule has 1 aromatic heterocycles. The molecule has 0 unspecified atom stereocenters. The Morgan fingerprint density at radius 2 is 1.90 bits per heavy atom. The summed E-state index contributed by atoms with van der Waals surface area (Å²) in [6.45, 7) is 1.86. The number of fused-ring (bicyclic) bond motifs is 1. The zero-order valence-corrected chi connectivity index (χ0v) is 25.3. The van der Waals surface area contributed by atoms with E-state index in [1.54, 1.807) is 32.2 Å². The fourth-order valence-electron chi connectivity index (χ4n) is 4.44. The lowest BCUT2D eigenvalue weighted by atomic mass is 9.93. The van der Waals surface area contributed by atoms with Crippen molar-refractivity contribution in [3.05, 3.63) is 123 Å². The van der Waals surface area contributed by atoms with Crippen molar-refractivity contribution in [2.24, 2.45) is 4.99 Å². The van der Waals surface area contributed by atoms with Gasteiger partial charge in [0.05, 0.1) is 39.1 Å². The normalized spacial score (nSPS) is 15.1. The molecule has 0 spiro atoms. The predicted octanol–water partition coefficient (Wildman–Crippen LogP) is 5.45. The molecule has 5 rings (SSSR count). The lowest BCUT2D eigenvalue weighted by Gasteiger charge is -2.25. The van der Waals surface area contributed by atoms with Crippen molar-refractivity contribution in [2.75, 3.05) is 13.7 Å². The number of ether oxygens (including phenoxy) is 2. The summed E-state index contributed by atoms with van der Waals surface area (Å²) in [6, 6.07) is 18.0. The lowest BCUT2D eigenvalue weighted by molar-refractivity contribution is -0.138. The number of hydrogen-bond donors (Lipinski definition) is 0. The molecule has 1 aliphatic rings. The first-order valence-corrected chi connectivity index (χ1v) is 14.6. The van der Waals surface area contributed by atoms with E-state index < -0.39 is 17.8 Å². The summed E-state index contributed by atoms with van der Waals surface area (Å²) in [5, 5.41) is 0. The molecule has 6 nitrogen and oxygen atoms in total. The molecule has 4 aromatic rings. The van der Waals surface area contributed by atoms with Crippen LogP contribution in [0.15, 0.2) is 86.6 Å². The van der Waals surface area contributed by atoms with Crippen molar-refractivity contribution < 1.29 is 18.7 Å². The van der Waals surface area contributed by atoms with Crippen molar-refractivity contribution in [1.29, 1.82) is 0 Å². The molecule has 0 saturated heterocycles. The summed E-state index contributed by atoms with van der Waals surface area (Å²) in [5.41, 5.74) is 2.26. The van der Waals surface area contributed by atoms with Crippen LogP contribution in [0.1, 0.15) is 29.7 Å². The summed E-state index contributed by atoms with van der Waals surface area (Å²) < 4.78 is 28.6. The maximum Gasteiger partial charge on any atom is 0.338 e. The SMILES string of the molecule is CCOC(=O)C1=C(c2ccccc2)N=c2s/c(=C\c3cc(Br)cc(I)c3OC)c(=O)n2[C@@H]1c1ccc(F)cc1. The Bertz CT molecular complexity index is 1780. The number of carbonyl (C=O) groups is 1. The minimum Gasteiger partial charge on any atom is -0.495 e. The number of rotatable bonds is 6. The third-order valence-corrected chi connectivity index (χ3v) is 8.33. The van der Waals surface area contributed by atoms with Gasteiger partial charge in [-0.25, -0.2) is 14.2 Å². The standard InChI is InChI=1S/C29H21BrFIN2O4S/c1-3-38-28(36)23-24(16-7-5-4-6-8-16)33-29-34(25(23)17-9-11-20(31)12-10-17)27(35)22(39-29)14-18-13-19(30)15-21(32)26(18)37-2/h4-15,25H,3H2,1-2H3/b22-14-/t25-/m1/s1. The van der Waals surface area contributed by atoms with Gasteiger partial charge in [-0.3, -0.25) is 9.36 Å². The van der Waals surface area contributed by atoms with E-state index in [-0.39, 0.29) is 17.7 Å². The molecule has 198 valence electrons. The highest BCUT2D eigenvalue weighted by molar-refractivity contribution is 14.1. The molecule has 0 N–H and O–H groups in total. The molecular weight excluding hydrogens is 698 g/mol. The van der Waals surface area contributed by atoms with E-state index in [0.717, 1.165) is 8.04 Å². The van der Waals surface area contributed by atoms with Crippen LogP contribution in [0.3, 0.4) is 0 Å². The number of carbonyl (C=O) groups excluding carboxylic acids is 1. The zero-order valence-electron chi connectivity index (χ0n) is 20.8. The van der Waals surface area contributed by atoms with Gasteiger partial charge in [0.25, 0.3) is 5.56 Å². The number of esters is 1. The Balaban J connectivity index is 1.84. The number of nitrogens with zero attached hydrogens (tertiary/aromatic N) is 2. The van der Waals surface area contributed by atoms with Crippen LogP contribution in [0.4, 0.5) is 4.39 Å². The second-order valence-electron chi connectivity index (χ2n) is 8.49. The van der Waals surface area contributed by atoms with Gasteiger partial charge < -0.3 is 9.47 Å². The van der Waals surface area contributed by atoms with Gasteiger partial charge in [-0.1, -0.05) is 69.7 Å². The molecule has 39 heavy (non-hydrogen) atoms. The van der Waals surface area contributed by atoms with Crippen molar-refractivity contribution >= 4 is 67.6 Å². The predicted molar refractivity (Wildman–Crippen MR) is 161 cm³/mol. The maximum atomic E-state index is 14.0. The van der Waals surface area contributed by atoms with Crippen molar-refractivity contribution in [2.45, 2.75) is 13.0 Å². The van der Waals surface area contributed by atoms with Crippen LogP contribution in [0, 0.1) is 9.39 Å². The van der Waals surface area contributed by atoms with E-state index in [0.29, 0.717) is 37.5 Å². The van der Waals surface area contributed by atoms with Gasteiger partial charge in [0.2, 0.25) is 0 Å². The Morgan fingerprint density at radius 1 is 1.18 bits per heavy atom. The molecule has 0 radical (unpaired) electrons. The van der Waals surface area contributed by atoms with Crippen LogP contribution < -0.4 is 19.6 Å². The highest BCUT2D eigenvalue weighted by Gasteiger charge is 2.35. The molecule has 2 heterocycles. The number of thiazole rings is 1. The second-order valence-corrected chi connectivity index (χ2v) is 11.6. The zero-order chi connectivity index (χ0) is 27.7. The molecule has 3 aromatic carbocycles. The average molecular weight is 719 g/mol. The van der Waals surface area contributed by atoms with Crippen molar-refractivity contribution in [3.63, 3.8) is 0 Å². The number of hydrogen-bond acceptors (Lipinski definition) is 6. The number of benzene rings is 3. The number of methoxy groups -OCH3 is 1. The Hall–Kier alpha value is -3.09. The summed E-state index contributed by atoms with van der Waals surface area (Å²) >= 11 is 6.90. The second kappa shape index (κ2) is 11.6. The van der Waals surface area contributed by atoms with Gasteiger partial charge in [0.1, 0.15) is 11.6 Å². The fourth-order valence-corrected chi connectivity index (χ4v) is 7.21. The fraction of sp³-hybridized carbons (Fsp3) is 0.138. The first-order chi connectivity index (χ1) is 18.8. The molecule has 0 amide bonds. The van der Waals surface area contributed by atoms with Gasteiger partial charge in [-0.05, 0) is 65.4 Å². The molecule has 0 saturated carbocycles. The number of aromatic nitrogens is 1. The minimum atomic E-state index is -0.872. The summed E-state index contributed by atoms with van der Waals surface area (Å²) in [7, 11) is 1.58. The summed E-state index contributed by atoms with van der Waals surface area (Å²) in [5.74, 6) is -0.378. The molecule has 1 aliphatic heterocycles. The molecule has 10 heteroatoms. The highest BCUT2D eigenvalue weighted by atomic mass is 127. The smallest absolute Gasteiger partial charge is 0.338 e. The maximum absolute atomic E-state index is 14.0. The molecule has 0 fully saturated rings. The highest BCUT2D eigenvalue weighted by Crippen LogP contribution is 2.35. The van der Waals surface area contributed by atoms with Crippen LogP contribution in [-0.4, -0.2) is 24.3 Å². The van der Waals surface area contributed by atoms with Crippen LogP contribution in [0.2, 0.25) is 0 Å². The van der Waals surface area contributed by atoms with E-state index in [1.807, 2.05) is 42.5 Å².